The Morgan fingerprint density at radius 3 is 2.20 bits per heavy atom. The minimum Gasteiger partial charge on any atom is -0.389 e. The molecule has 0 aromatic rings. The molecule has 0 spiro atoms. The highest BCUT2D eigenvalue weighted by Gasteiger charge is 1.65. The monoisotopic (exact) mass is 88.0 g/mol. The van der Waals surface area contributed by atoms with Crippen molar-refractivity contribution in [3.05, 3.63) is 0 Å². The van der Waals surface area contributed by atoms with E-state index in [9.17, 15) is 0 Å². The van der Waals surface area contributed by atoms with Crippen molar-refractivity contribution in [3.63, 3.8) is 0 Å². The van der Waals surface area contributed by atoms with Crippen molar-refractivity contribution < 1.29 is 0 Å². The van der Waals surface area contributed by atoms with Crippen molar-refractivity contribution >= 4 is 23.4 Å². The molecular weight excluding hydrogens is 84.1 g/mol. The molecule has 0 unspecified atom stereocenters. The predicted molar refractivity (Wildman–Crippen MR) is 25.6 cm³/mol. The Labute approximate surface area is 35.5 Å². The standard InChI is InChI=1S/C2H4N2S/c3-1-2(4)5/h1,3H,(H2,4,5). The second kappa shape index (κ2) is 1.84. The van der Waals surface area contributed by atoms with Crippen LogP contribution in [0.15, 0.2) is 0 Å². The van der Waals surface area contributed by atoms with E-state index in [2.05, 4.69) is 12.2 Å². The predicted octanol–water partition coefficient (Wildman–Crippen LogP) is -0.0779. The molecule has 0 radical (unpaired) electrons. The van der Waals surface area contributed by atoms with Gasteiger partial charge in [0.1, 0.15) is 4.99 Å². The SMILES string of the molecule is N=CC(N)=S. The zero-order chi connectivity index (χ0) is 4.28. The maximum absolute atomic E-state index is 6.27. The van der Waals surface area contributed by atoms with Gasteiger partial charge in [0.2, 0.25) is 0 Å². The van der Waals surface area contributed by atoms with E-state index in [1.165, 1.54) is 0 Å². The molecule has 0 saturated heterocycles. The van der Waals surface area contributed by atoms with E-state index in [4.69, 9.17) is 11.1 Å². The van der Waals surface area contributed by atoms with Crippen LogP contribution in [0.1, 0.15) is 0 Å². The van der Waals surface area contributed by atoms with Crippen molar-refractivity contribution in [2.45, 2.75) is 0 Å². The number of nitrogens with two attached hydrogens (primary N) is 1. The third kappa shape index (κ3) is 3.56. The fourth-order valence-corrected chi connectivity index (χ4v) is 0. The van der Waals surface area contributed by atoms with Gasteiger partial charge in [-0.1, -0.05) is 12.2 Å². The lowest BCUT2D eigenvalue weighted by molar-refractivity contribution is 1.58. The molecule has 0 amide bonds. The largest absolute Gasteiger partial charge is 0.389 e. The van der Waals surface area contributed by atoms with Crippen LogP contribution in [0, 0.1) is 5.41 Å². The molecule has 0 aliphatic carbocycles. The Bertz CT molecular complexity index is 58.7. The highest BCUT2D eigenvalue weighted by Crippen LogP contribution is 1.46. The third-order valence-electron chi connectivity index (χ3n) is 0.142. The fraction of sp³-hybridized carbons (Fsp3) is 0. The highest BCUT2D eigenvalue weighted by atomic mass is 32.1. The van der Waals surface area contributed by atoms with Crippen LogP contribution in [0.25, 0.3) is 0 Å². The van der Waals surface area contributed by atoms with Gasteiger partial charge in [-0.05, 0) is 0 Å². The Morgan fingerprint density at radius 1 is 2.00 bits per heavy atom. The van der Waals surface area contributed by atoms with Crippen molar-refractivity contribution in [2.24, 2.45) is 5.73 Å². The van der Waals surface area contributed by atoms with Crippen molar-refractivity contribution in [3.8, 4) is 0 Å². The molecule has 0 aliphatic rings. The van der Waals surface area contributed by atoms with E-state index in [0.29, 0.717) is 0 Å². The zero-order valence-electron chi connectivity index (χ0n) is 2.56. The van der Waals surface area contributed by atoms with E-state index in [-0.39, 0.29) is 4.99 Å². The minimum atomic E-state index is 0.130. The maximum atomic E-state index is 6.27. The average Bonchev–Trinajstić information content (AvgIpc) is 1.38. The van der Waals surface area contributed by atoms with Gasteiger partial charge in [0.05, 0.1) is 6.21 Å². The summed E-state index contributed by atoms with van der Waals surface area (Å²) in [6.45, 7) is 0. The maximum Gasteiger partial charge on any atom is 0.114 e. The lowest BCUT2D eigenvalue weighted by Crippen LogP contribution is -2.06. The first-order chi connectivity index (χ1) is 2.27. The smallest absolute Gasteiger partial charge is 0.114 e. The van der Waals surface area contributed by atoms with Crippen molar-refractivity contribution in [2.75, 3.05) is 0 Å². The minimum absolute atomic E-state index is 0.130. The summed E-state index contributed by atoms with van der Waals surface area (Å²) in [5, 5.41) is 6.27. The molecule has 0 aliphatic heterocycles. The van der Waals surface area contributed by atoms with Gasteiger partial charge < -0.3 is 11.1 Å². The summed E-state index contributed by atoms with van der Waals surface area (Å²) in [4.78, 5) is 0.130. The molecule has 0 aromatic carbocycles. The number of rotatable bonds is 1. The number of hydrogen-bond donors (Lipinski definition) is 2. The zero-order valence-corrected chi connectivity index (χ0v) is 3.38. The normalized spacial score (nSPS) is 6.40. The van der Waals surface area contributed by atoms with Crippen molar-refractivity contribution in [1.29, 1.82) is 5.41 Å². The summed E-state index contributed by atoms with van der Waals surface area (Å²) >= 11 is 4.23. The van der Waals surface area contributed by atoms with Gasteiger partial charge in [-0.25, -0.2) is 0 Å². The molecule has 0 bridgehead atoms. The third-order valence-corrected chi connectivity index (χ3v) is 0.260. The molecule has 0 heterocycles. The van der Waals surface area contributed by atoms with Gasteiger partial charge in [0, 0.05) is 0 Å². The van der Waals surface area contributed by atoms with Crippen LogP contribution < -0.4 is 5.73 Å². The van der Waals surface area contributed by atoms with Crippen LogP contribution in [0.2, 0.25) is 0 Å². The first-order valence-corrected chi connectivity index (χ1v) is 1.48. The summed E-state index contributed by atoms with van der Waals surface area (Å²) in [7, 11) is 0. The summed E-state index contributed by atoms with van der Waals surface area (Å²) in [6.07, 6.45) is 0.926. The molecule has 5 heavy (non-hydrogen) atoms. The second-order valence-electron chi connectivity index (χ2n) is 0.547. The van der Waals surface area contributed by atoms with Crippen LogP contribution in [-0.4, -0.2) is 11.2 Å². The van der Waals surface area contributed by atoms with Gasteiger partial charge in [0.25, 0.3) is 0 Å². The Hall–Kier alpha value is -0.440. The van der Waals surface area contributed by atoms with E-state index >= 15 is 0 Å². The quantitative estimate of drug-likeness (QED) is 0.348. The molecule has 3 heteroatoms. The first kappa shape index (κ1) is 4.56. The second-order valence-corrected chi connectivity index (χ2v) is 1.02. The Kier molecular flexibility index (Phi) is 1.68. The number of nitrogens with one attached hydrogen (secondary N) is 1. The molecule has 0 atom stereocenters. The number of hydrogen-bond acceptors (Lipinski definition) is 2. The molecule has 0 fully saturated rings. The summed E-state index contributed by atoms with van der Waals surface area (Å²) in [6, 6.07) is 0. The highest BCUT2D eigenvalue weighted by molar-refractivity contribution is 7.81. The topological polar surface area (TPSA) is 49.9 Å². The van der Waals surface area contributed by atoms with Crippen LogP contribution in [0.4, 0.5) is 0 Å². The molecule has 3 N–H and O–H groups in total. The van der Waals surface area contributed by atoms with Crippen LogP contribution in [0.3, 0.4) is 0 Å². The van der Waals surface area contributed by atoms with Gasteiger partial charge >= 0.3 is 0 Å². The van der Waals surface area contributed by atoms with E-state index in [1.807, 2.05) is 0 Å². The molecule has 0 aromatic heterocycles. The van der Waals surface area contributed by atoms with Crippen molar-refractivity contribution in [1.82, 2.24) is 0 Å². The van der Waals surface area contributed by atoms with E-state index in [0.717, 1.165) is 6.21 Å². The summed E-state index contributed by atoms with van der Waals surface area (Å²) in [5.41, 5.74) is 4.78. The summed E-state index contributed by atoms with van der Waals surface area (Å²) < 4.78 is 0. The van der Waals surface area contributed by atoms with Crippen LogP contribution in [-0.2, 0) is 0 Å². The van der Waals surface area contributed by atoms with Gasteiger partial charge in [0.15, 0.2) is 0 Å². The summed E-state index contributed by atoms with van der Waals surface area (Å²) in [5.74, 6) is 0. The van der Waals surface area contributed by atoms with E-state index < -0.39 is 0 Å². The molecule has 28 valence electrons. The van der Waals surface area contributed by atoms with Gasteiger partial charge in [-0.15, -0.1) is 0 Å². The lowest BCUT2D eigenvalue weighted by atomic mass is 10.8. The molecule has 0 rings (SSSR count). The Morgan fingerprint density at radius 2 is 2.20 bits per heavy atom. The fourth-order valence-electron chi connectivity index (χ4n) is 0. The first-order valence-electron chi connectivity index (χ1n) is 1.07. The Balaban J connectivity index is 3.20. The molecule has 2 nitrogen and oxygen atoms in total. The molecular formula is C2H4N2S. The van der Waals surface area contributed by atoms with Crippen LogP contribution >= 0.6 is 12.2 Å². The van der Waals surface area contributed by atoms with Crippen LogP contribution in [0.5, 0.6) is 0 Å². The van der Waals surface area contributed by atoms with Gasteiger partial charge in [-0.2, -0.15) is 0 Å². The molecule has 0 saturated carbocycles. The van der Waals surface area contributed by atoms with E-state index in [1.54, 1.807) is 0 Å². The average molecular weight is 88.1 g/mol. The number of thiocarbonyl (C=S) groups is 1. The van der Waals surface area contributed by atoms with Gasteiger partial charge in [-0.3, -0.25) is 0 Å². The lowest BCUT2D eigenvalue weighted by Gasteiger charge is -1.69.